The van der Waals surface area contributed by atoms with E-state index in [1.165, 1.54) is 161 Å². The third kappa shape index (κ3) is 7.44. The summed E-state index contributed by atoms with van der Waals surface area (Å²) < 4.78 is 7.69. The lowest BCUT2D eigenvalue weighted by molar-refractivity contribution is 1.19. The number of aromatic nitrogens is 1. The van der Waals surface area contributed by atoms with Crippen LogP contribution < -0.4 is 0 Å². The number of hydrogen-bond donors (Lipinski definition) is 0. The Bertz CT molecular complexity index is 5080. The van der Waals surface area contributed by atoms with E-state index in [4.69, 9.17) is 0 Å². The Balaban J connectivity index is 0.934. The molecular weight excluding hydrogens is 1010 g/mol. The molecule has 376 valence electrons. The SMILES string of the molecule is c1ccc(-c2ccc3sc4c(-c5ccc6c(c5)c5cc(-c7cc(-c8ccccc8)cc8c7sc7ccc(-c9ccccc9)cc78)ccc5n6-c5ccc6c7ccccc7c7ccccc7c6c5)cc(-c5ccccc5)cc4c3c2)cc1. The Morgan fingerprint density at radius 2 is 0.543 bits per heavy atom. The molecule has 1 nitrogen and oxygen atoms in total. The molecule has 3 heterocycles. The fourth-order valence-electron chi connectivity index (χ4n) is 13.1. The maximum absolute atomic E-state index is 2.52. The quantitative estimate of drug-likeness (QED) is 0.140. The van der Waals surface area contributed by atoms with Crippen molar-refractivity contribution < 1.29 is 0 Å². The second-order valence-electron chi connectivity index (χ2n) is 21.5. The molecule has 0 aliphatic heterocycles. The Kier molecular flexibility index (Phi) is 10.4. The minimum absolute atomic E-state index is 1.14. The van der Waals surface area contributed by atoms with E-state index in [1.54, 1.807) is 0 Å². The average molecular weight is 1060 g/mol. The monoisotopic (exact) mass is 1060 g/mol. The molecule has 0 saturated heterocycles. The fraction of sp³-hybridized carbons (Fsp3) is 0. The van der Waals surface area contributed by atoms with Crippen molar-refractivity contribution in [3.8, 4) is 72.4 Å². The lowest BCUT2D eigenvalue weighted by atomic mass is 9.93. The van der Waals surface area contributed by atoms with Crippen LogP contribution >= 0.6 is 22.7 Å². The van der Waals surface area contributed by atoms with Crippen LogP contribution in [0.25, 0.3) is 167 Å². The van der Waals surface area contributed by atoms with Crippen LogP contribution in [0.2, 0.25) is 0 Å². The Labute approximate surface area is 476 Å². The highest BCUT2D eigenvalue weighted by atomic mass is 32.1. The first-order valence-electron chi connectivity index (χ1n) is 27.8. The third-order valence-electron chi connectivity index (χ3n) is 16.9. The van der Waals surface area contributed by atoms with Gasteiger partial charge < -0.3 is 4.57 Å². The third-order valence-corrected chi connectivity index (χ3v) is 19.4. The summed E-state index contributed by atoms with van der Waals surface area (Å²) in [4.78, 5) is 0. The van der Waals surface area contributed by atoms with Crippen LogP contribution in [-0.4, -0.2) is 4.57 Å². The summed E-state index contributed by atoms with van der Waals surface area (Å²) in [7, 11) is 0. The minimum atomic E-state index is 1.14. The molecule has 17 rings (SSSR count). The van der Waals surface area contributed by atoms with Gasteiger partial charge in [-0.3, -0.25) is 0 Å². The van der Waals surface area contributed by atoms with Crippen LogP contribution in [0.15, 0.2) is 285 Å². The summed E-state index contributed by atoms with van der Waals surface area (Å²) in [6, 6.07) is 106. The zero-order chi connectivity index (χ0) is 53.1. The van der Waals surface area contributed by atoms with Crippen molar-refractivity contribution in [3.63, 3.8) is 0 Å². The molecule has 14 aromatic carbocycles. The van der Waals surface area contributed by atoms with Crippen molar-refractivity contribution in [2.75, 3.05) is 0 Å². The average Bonchev–Trinajstić information content (AvgIpc) is 4.22. The smallest absolute Gasteiger partial charge is 0.0541 e. The number of thiophene rings is 2. The standard InChI is InChI=1S/C78H47NS2/c1-5-17-48(18-6-1)52-31-37-75-69(39-52)71-45-56(50-21-9-3-10-22-50)43-64(77(71)80-75)54-29-35-73-67(41-54)68-42-55(30-36-74(68)79(73)58-33-34-63-61-27-14-13-25-59(61)60-26-15-16-28-62(60)66(63)47-58)65-44-57(51-23-11-4-12-24-51)46-72-70-40-53(49-19-7-2-8-20-49)32-38-76(70)81-78(65)72/h1-47H. The van der Waals surface area contributed by atoms with Crippen molar-refractivity contribution in [1.29, 1.82) is 0 Å². The van der Waals surface area contributed by atoms with E-state index in [0.717, 1.165) is 5.69 Å². The predicted molar refractivity (Wildman–Crippen MR) is 352 cm³/mol. The molecule has 0 aliphatic carbocycles. The second kappa shape index (κ2) is 18.3. The number of fused-ring (bicyclic) bond motifs is 15. The lowest BCUT2D eigenvalue weighted by Crippen LogP contribution is -1.95. The van der Waals surface area contributed by atoms with Crippen LogP contribution in [0.4, 0.5) is 0 Å². The van der Waals surface area contributed by atoms with E-state index in [1.807, 2.05) is 22.7 Å². The van der Waals surface area contributed by atoms with Gasteiger partial charge in [0.05, 0.1) is 11.0 Å². The van der Waals surface area contributed by atoms with Gasteiger partial charge in [-0.15, -0.1) is 22.7 Å². The van der Waals surface area contributed by atoms with E-state index < -0.39 is 0 Å². The lowest BCUT2D eigenvalue weighted by Gasteiger charge is -2.14. The maximum Gasteiger partial charge on any atom is 0.0541 e. The van der Waals surface area contributed by atoms with Gasteiger partial charge in [-0.1, -0.05) is 200 Å². The van der Waals surface area contributed by atoms with Gasteiger partial charge in [0.15, 0.2) is 0 Å². The molecule has 17 aromatic rings. The molecule has 0 bridgehead atoms. The van der Waals surface area contributed by atoms with Gasteiger partial charge in [0.2, 0.25) is 0 Å². The Hall–Kier alpha value is -9.90. The molecule has 0 N–H and O–H groups in total. The molecule has 0 amide bonds. The summed E-state index contributed by atoms with van der Waals surface area (Å²) in [5.41, 5.74) is 18.1. The van der Waals surface area contributed by atoms with Crippen molar-refractivity contribution in [1.82, 2.24) is 4.57 Å². The summed E-state index contributed by atoms with van der Waals surface area (Å²) >= 11 is 3.80. The molecule has 0 saturated carbocycles. The zero-order valence-corrected chi connectivity index (χ0v) is 45.5. The molecule has 0 fully saturated rings. The van der Waals surface area contributed by atoms with Gasteiger partial charge >= 0.3 is 0 Å². The van der Waals surface area contributed by atoms with Crippen molar-refractivity contribution >= 4 is 117 Å². The largest absolute Gasteiger partial charge is 0.309 e. The highest BCUT2D eigenvalue weighted by molar-refractivity contribution is 7.26. The highest BCUT2D eigenvalue weighted by Gasteiger charge is 2.22. The van der Waals surface area contributed by atoms with E-state index in [0.29, 0.717) is 0 Å². The van der Waals surface area contributed by atoms with E-state index in [-0.39, 0.29) is 0 Å². The van der Waals surface area contributed by atoms with Gasteiger partial charge in [0.25, 0.3) is 0 Å². The normalized spacial score (nSPS) is 12.0. The van der Waals surface area contributed by atoms with Crippen molar-refractivity contribution in [2.24, 2.45) is 0 Å². The summed E-state index contributed by atoms with van der Waals surface area (Å²) in [6.07, 6.45) is 0. The van der Waals surface area contributed by atoms with Crippen LogP contribution in [-0.2, 0) is 0 Å². The van der Waals surface area contributed by atoms with Gasteiger partial charge in [-0.25, -0.2) is 0 Å². The van der Waals surface area contributed by atoms with Gasteiger partial charge in [-0.05, 0) is 173 Å². The summed E-state index contributed by atoms with van der Waals surface area (Å²) in [5.74, 6) is 0. The zero-order valence-electron chi connectivity index (χ0n) is 43.9. The fourth-order valence-corrected chi connectivity index (χ4v) is 15.5. The van der Waals surface area contributed by atoms with Gasteiger partial charge in [-0.2, -0.15) is 0 Å². The topological polar surface area (TPSA) is 4.93 Å². The second-order valence-corrected chi connectivity index (χ2v) is 23.6. The van der Waals surface area contributed by atoms with Crippen LogP contribution in [0.3, 0.4) is 0 Å². The summed E-state index contributed by atoms with van der Waals surface area (Å²) in [5, 5.41) is 15.2. The number of hydrogen-bond acceptors (Lipinski definition) is 2. The van der Waals surface area contributed by atoms with Gasteiger partial charge in [0.1, 0.15) is 0 Å². The Morgan fingerprint density at radius 3 is 0.975 bits per heavy atom. The maximum atomic E-state index is 2.52. The van der Waals surface area contributed by atoms with Crippen LogP contribution in [0.5, 0.6) is 0 Å². The molecule has 0 atom stereocenters. The Morgan fingerprint density at radius 1 is 0.198 bits per heavy atom. The first kappa shape index (κ1) is 46.1. The van der Waals surface area contributed by atoms with Crippen molar-refractivity contribution in [3.05, 3.63) is 285 Å². The summed E-state index contributed by atoms with van der Waals surface area (Å²) in [6.45, 7) is 0. The minimum Gasteiger partial charge on any atom is -0.309 e. The molecule has 81 heavy (non-hydrogen) atoms. The first-order valence-corrected chi connectivity index (χ1v) is 29.4. The number of rotatable bonds is 7. The predicted octanol–water partition coefficient (Wildman–Crippen LogP) is 23.0. The van der Waals surface area contributed by atoms with Crippen LogP contribution in [0, 0.1) is 0 Å². The molecule has 0 unspecified atom stereocenters. The van der Waals surface area contributed by atoms with Crippen LogP contribution in [0.1, 0.15) is 0 Å². The number of nitrogens with zero attached hydrogens (tertiary/aromatic N) is 1. The van der Waals surface area contributed by atoms with Crippen molar-refractivity contribution in [2.45, 2.75) is 0 Å². The molecule has 0 radical (unpaired) electrons. The molecular formula is C78H47NS2. The van der Waals surface area contributed by atoms with E-state index in [2.05, 4.69) is 290 Å². The molecule has 0 aliphatic rings. The number of benzene rings is 14. The molecule has 3 aromatic heterocycles. The van der Waals surface area contributed by atoms with E-state index in [9.17, 15) is 0 Å². The van der Waals surface area contributed by atoms with E-state index >= 15 is 0 Å². The molecule has 0 spiro atoms. The van der Waals surface area contributed by atoms with Gasteiger partial charge in [0, 0.05) is 67.9 Å². The highest BCUT2D eigenvalue weighted by Crippen LogP contribution is 2.49. The first-order chi connectivity index (χ1) is 40.1. The molecule has 3 heteroatoms.